The number of imidazole rings is 1. The third-order valence-electron chi connectivity index (χ3n) is 5.33. The predicted octanol–water partition coefficient (Wildman–Crippen LogP) is 0.0142. The third-order valence-corrected chi connectivity index (χ3v) is 5.33. The minimum atomic E-state index is -1.34. The van der Waals surface area contributed by atoms with Gasteiger partial charge < -0.3 is 25.8 Å². The van der Waals surface area contributed by atoms with Crippen LogP contribution in [-0.4, -0.2) is 71.0 Å². The van der Waals surface area contributed by atoms with Crippen LogP contribution in [0.2, 0.25) is 0 Å². The van der Waals surface area contributed by atoms with E-state index in [0.29, 0.717) is 0 Å². The third kappa shape index (κ3) is 3.31. The van der Waals surface area contributed by atoms with E-state index in [1.807, 2.05) is 30.3 Å². The van der Waals surface area contributed by atoms with Crippen molar-refractivity contribution in [3.05, 3.63) is 48.4 Å². The normalized spacial score (nSPS) is 23.5. The maximum atomic E-state index is 10.5. The molecule has 1 saturated heterocycles. The molecule has 0 bridgehead atoms. The largest absolute Gasteiger partial charge is 0.394 e. The highest BCUT2D eigenvalue weighted by Crippen LogP contribution is 2.35. The van der Waals surface area contributed by atoms with Crippen molar-refractivity contribution in [3.63, 3.8) is 0 Å². The second kappa shape index (κ2) is 8.09. The van der Waals surface area contributed by atoms with Crippen molar-refractivity contribution < 1.29 is 20.1 Å². The van der Waals surface area contributed by atoms with Crippen LogP contribution in [0.15, 0.2) is 48.0 Å². The number of aliphatic hydroxyl groups excluding tert-OH is 3. The average molecular weight is 436 g/mol. The minimum absolute atomic E-state index is 0.132. The summed E-state index contributed by atoms with van der Waals surface area (Å²) in [5, 5.41) is 35.4. The fourth-order valence-electron chi connectivity index (χ4n) is 3.73. The molecule has 12 heteroatoms. The Morgan fingerprint density at radius 2 is 2.00 bits per heavy atom. The molecule has 4 aromatic rings. The molecule has 32 heavy (non-hydrogen) atoms. The lowest BCUT2D eigenvalue weighted by Gasteiger charge is -2.18. The van der Waals surface area contributed by atoms with E-state index in [1.165, 1.54) is 10.9 Å². The number of aromatic nitrogens is 5. The number of rotatable bonds is 5. The first-order valence-corrected chi connectivity index (χ1v) is 9.82. The highest BCUT2D eigenvalue weighted by Gasteiger charge is 2.45. The van der Waals surface area contributed by atoms with E-state index in [9.17, 15) is 15.3 Å². The summed E-state index contributed by atoms with van der Waals surface area (Å²) < 4.78 is 7.09. The van der Waals surface area contributed by atoms with Crippen LogP contribution in [0.4, 0.5) is 11.8 Å². The number of benzene rings is 1. The molecule has 1 aliphatic rings. The number of fused-ring (bicyclic) bond motifs is 2. The summed E-state index contributed by atoms with van der Waals surface area (Å²) >= 11 is 0. The summed E-state index contributed by atoms with van der Waals surface area (Å²) in [6.45, 7) is -0.464. The Kier molecular flexibility index (Phi) is 5.11. The number of aliphatic hydroxyl groups is 3. The number of anilines is 2. The lowest BCUT2D eigenvalue weighted by Crippen LogP contribution is -2.33. The summed E-state index contributed by atoms with van der Waals surface area (Å²) in [6, 6.07) is 9.49. The van der Waals surface area contributed by atoms with Crippen molar-refractivity contribution in [1.29, 1.82) is 0 Å². The second-order valence-corrected chi connectivity index (χ2v) is 7.25. The zero-order valence-electron chi connectivity index (χ0n) is 16.6. The Balaban J connectivity index is 1.53. The number of hydrogen-bond acceptors (Lipinski definition) is 11. The molecule has 1 aliphatic heterocycles. The van der Waals surface area contributed by atoms with Gasteiger partial charge >= 0.3 is 0 Å². The summed E-state index contributed by atoms with van der Waals surface area (Å²) in [5.41, 5.74) is 11.0. The first-order valence-electron chi connectivity index (χ1n) is 9.82. The van der Waals surface area contributed by atoms with Crippen molar-refractivity contribution in [3.8, 4) is 0 Å². The summed E-state index contributed by atoms with van der Waals surface area (Å²) in [7, 11) is 0. The number of hydrogen-bond donors (Lipinski definition) is 5. The highest BCUT2D eigenvalue weighted by atomic mass is 16.6. The van der Waals surface area contributed by atoms with Crippen LogP contribution in [0.1, 0.15) is 11.8 Å². The molecule has 164 valence electrons. The van der Waals surface area contributed by atoms with Gasteiger partial charge in [-0.2, -0.15) is 5.10 Å². The molecule has 0 radical (unpaired) electrons. The van der Waals surface area contributed by atoms with Crippen molar-refractivity contribution in [2.45, 2.75) is 24.5 Å². The van der Waals surface area contributed by atoms with Crippen LogP contribution < -0.4 is 11.2 Å². The SMILES string of the molecule is Nc1ncnc2c1nc(N/N=C/c1ccnc3ccccc13)n2C1OC(CO)C(O)C1O. The molecule has 0 saturated carbocycles. The van der Waals surface area contributed by atoms with E-state index >= 15 is 0 Å². The van der Waals surface area contributed by atoms with Crippen molar-refractivity contribution in [2.75, 3.05) is 17.8 Å². The van der Waals surface area contributed by atoms with E-state index in [4.69, 9.17) is 10.5 Å². The van der Waals surface area contributed by atoms with E-state index < -0.39 is 31.1 Å². The quantitative estimate of drug-likeness (QED) is 0.212. The van der Waals surface area contributed by atoms with E-state index in [-0.39, 0.29) is 22.9 Å². The van der Waals surface area contributed by atoms with Crippen LogP contribution in [0.5, 0.6) is 0 Å². The molecule has 0 spiro atoms. The Morgan fingerprint density at radius 3 is 2.81 bits per heavy atom. The van der Waals surface area contributed by atoms with Crippen molar-refractivity contribution in [2.24, 2.45) is 5.10 Å². The molecular weight excluding hydrogens is 416 g/mol. The minimum Gasteiger partial charge on any atom is -0.394 e. The number of nitrogens with two attached hydrogens (primary N) is 1. The Morgan fingerprint density at radius 1 is 1.16 bits per heavy atom. The van der Waals surface area contributed by atoms with Gasteiger partial charge in [-0.3, -0.25) is 9.55 Å². The summed E-state index contributed by atoms with van der Waals surface area (Å²) in [6.07, 6.45) is -0.121. The van der Waals surface area contributed by atoms with Gasteiger partial charge in [0.2, 0.25) is 5.95 Å². The first kappa shape index (κ1) is 20.2. The number of hydrazone groups is 1. The van der Waals surface area contributed by atoms with Crippen molar-refractivity contribution in [1.82, 2.24) is 24.5 Å². The molecule has 4 heterocycles. The van der Waals surface area contributed by atoms with Crippen LogP contribution >= 0.6 is 0 Å². The summed E-state index contributed by atoms with van der Waals surface area (Å²) in [5.74, 6) is 0.296. The molecule has 1 aromatic carbocycles. The molecule has 3 aromatic heterocycles. The predicted molar refractivity (Wildman–Crippen MR) is 116 cm³/mol. The second-order valence-electron chi connectivity index (χ2n) is 7.25. The van der Waals surface area contributed by atoms with Crippen LogP contribution in [0.3, 0.4) is 0 Å². The maximum absolute atomic E-state index is 10.5. The Labute approximate surface area is 181 Å². The summed E-state index contributed by atoms with van der Waals surface area (Å²) in [4.78, 5) is 16.9. The van der Waals surface area contributed by atoms with Crippen molar-refractivity contribution >= 4 is 40.0 Å². The Hall–Kier alpha value is -3.71. The smallest absolute Gasteiger partial charge is 0.228 e. The van der Waals surface area contributed by atoms with Gasteiger partial charge in [0.15, 0.2) is 23.2 Å². The maximum Gasteiger partial charge on any atom is 0.228 e. The fraction of sp³-hybridized carbons (Fsp3) is 0.250. The molecule has 4 unspecified atom stereocenters. The number of pyridine rings is 1. The molecule has 5 rings (SSSR count). The molecule has 4 atom stereocenters. The number of ether oxygens (including phenoxy) is 1. The zero-order chi connectivity index (χ0) is 22.2. The van der Waals surface area contributed by atoms with Gasteiger partial charge in [0.05, 0.1) is 18.3 Å². The fourth-order valence-corrected chi connectivity index (χ4v) is 3.73. The van der Waals surface area contributed by atoms with Crippen LogP contribution in [0, 0.1) is 0 Å². The van der Waals surface area contributed by atoms with Gasteiger partial charge in [-0.1, -0.05) is 18.2 Å². The van der Waals surface area contributed by atoms with Gasteiger partial charge in [-0.05, 0) is 12.1 Å². The molecule has 0 amide bonds. The van der Waals surface area contributed by atoms with E-state index in [1.54, 1.807) is 12.4 Å². The van der Waals surface area contributed by atoms with Gasteiger partial charge in [-0.25, -0.2) is 20.4 Å². The van der Waals surface area contributed by atoms with E-state index in [0.717, 1.165) is 16.5 Å². The van der Waals surface area contributed by atoms with Gasteiger partial charge in [0.25, 0.3) is 0 Å². The lowest BCUT2D eigenvalue weighted by atomic mass is 10.1. The standard InChI is InChI=1S/C20H20N8O4/c21-17-14-18(24-9-23-17)28(19-16(31)15(30)13(8-29)32-19)20(26-14)27-25-7-10-5-6-22-12-4-2-1-3-11(10)12/h1-7,9,13,15-16,19,29-31H,8H2,(H,26,27)(H2,21,23,24)/b25-7+. The van der Waals surface area contributed by atoms with Crippen LogP contribution in [-0.2, 0) is 4.74 Å². The zero-order valence-corrected chi connectivity index (χ0v) is 16.6. The first-order chi connectivity index (χ1) is 15.6. The molecule has 0 aliphatic carbocycles. The number of nitrogen functional groups attached to an aromatic ring is 1. The number of nitrogens with zero attached hydrogens (tertiary/aromatic N) is 6. The van der Waals surface area contributed by atoms with Gasteiger partial charge in [-0.15, -0.1) is 0 Å². The number of para-hydroxylation sites is 1. The molecule has 12 nitrogen and oxygen atoms in total. The van der Waals surface area contributed by atoms with Crippen LogP contribution in [0.25, 0.3) is 22.1 Å². The highest BCUT2D eigenvalue weighted by molar-refractivity contribution is 5.98. The number of nitrogens with one attached hydrogen (secondary N) is 1. The Bertz CT molecular complexity index is 1300. The average Bonchev–Trinajstić information content (AvgIpc) is 3.31. The van der Waals surface area contributed by atoms with Gasteiger partial charge in [0.1, 0.15) is 24.6 Å². The molecule has 1 fully saturated rings. The lowest BCUT2D eigenvalue weighted by molar-refractivity contribution is -0.0501. The van der Waals surface area contributed by atoms with E-state index in [2.05, 4.69) is 30.5 Å². The monoisotopic (exact) mass is 436 g/mol. The topological polar surface area (TPSA) is 177 Å². The van der Waals surface area contributed by atoms with Gasteiger partial charge in [0, 0.05) is 17.1 Å². The molecule has 6 N–H and O–H groups in total. The molecular formula is C20H20N8O4.